The first kappa shape index (κ1) is 23.4. The number of nitrogens with zero attached hydrogens (tertiary/aromatic N) is 4. The van der Waals surface area contributed by atoms with Crippen LogP contribution < -0.4 is 10.6 Å². The minimum Gasteiger partial charge on any atom is -0.364 e. The van der Waals surface area contributed by atoms with Gasteiger partial charge in [0.25, 0.3) is 5.91 Å². The van der Waals surface area contributed by atoms with Crippen molar-refractivity contribution in [3.05, 3.63) is 52.9 Å². The largest absolute Gasteiger partial charge is 0.364 e. The van der Waals surface area contributed by atoms with E-state index in [1.165, 1.54) is 0 Å². The van der Waals surface area contributed by atoms with Crippen LogP contribution in [0.2, 0.25) is 5.02 Å². The number of carbonyl (C=O) groups excluding carboxylic acids is 1. The Morgan fingerprint density at radius 3 is 2.55 bits per heavy atom. The highest BCUT2D eigenvalue weighted by Crippen LogP contribution is 2.14. The number of hydrogen-bond donors (Lipinski definition) is 2. The number of rotatable bonds is 6. The van der Waals surface area contributed by atoms with Gasteiger partial charge in [0.15, 0.2) is 5.96 Å². The molecule has 0 saturated carbocycles. The number of carbonyl (C=O) groups is 1. The number of halogens is 2. The number of hydrogen-bond acceptors (Lipinski definition) is 5. The van der Waals surface area contributed by atoms with Gasteiger partial charge >= 0.3 is 0 Å². The van der Waals surface area contributed by atoms with Gasteiger partial charge in [0.2, 0.25) is 0 Å². The zero-order valence-corrected chi connectivity index (χ0v) is 19.4. The average molecular weight is 533 g/mol. The molecule has 1 fully saturated rings. The minimum absolute atomic E-state index is 0. The summed E-state index contributed by atoms with van der Waals surface area (Å²) < 4.78 is 4.89. The third-order valence-corrected chi connectivity index (χ3v) is 4.90. The monoisotopic (exact) mass is 532 g/mol. The first-order valence-electron chi connectivity index (χ1n) is 9.27. The SMILES string of the molecule is CN=C(NCCNC(=O)c1ccccc1Cl)N1CCN(Cc2ccon2)CC1.I. The predicted octanol–water partition coefficient (Wildman–Crippen LogP) is 2.07. The second-order valence-electron chi connectivity index (χ2n) is 6.46. The molecule has 0 radical (unpaired) electrons. The molecule has 1 aromatic carbocycles. The number of amides is 1. The Morgan fingerprint density at radius 2 is 1.90 bits per heavy atom. The van der Waals surface area contributed by atoms with E-state index in [0.717, 1.165) is 44.4 Å². The van der Waals surface area contributed by atoms with E-state index in [1.807, 2.05) is 6.07 Å². The van der Waals surface area contributed by atoms with Crippen molar-refractivity contribution in [1.82, 2.24) is 25.6 Å². The zero-order valence-electron chi connectivity index (χ0n) is 16.3. The molecule has 0 bridgehead atoms. The van der Waals surface area contributed by atoms with Crippen molar-refractivity contribution in [2.24, 2.45) is 4.99 Å². The van der Waals surface area contributed by atoms with Gasteiger partial charge in [-0.2, -0.15) is 0 Å². The van der Waals surface area contributed by atoms with Crippen LogP contribution in [0.3, 0.4) is 0 Å². The Morgan fingerprint density at radius 1 is 1.17 bits per heavy atom. The van der Waals surface area contributed by atoms with Gasteiger partial charge < -0.3 is 20.1 Å². The second kappa shape index (κ2) is 12.0. The standard InChI is InChI=1S/C19H25ClN6O2.HI/c1-21-19(23-8-7-22-18(27)16-4-2-3-5-17(16)20)26-11-9-25(10-12-26)14-15-6-13-28-24-15;/h2-6,13H,7-12,14H2,1H3,(H,21,23)(H,22,27);1H. The maximum Gasteiger partial charge on any atom is 0.252 e. The van der Waals surface area contributed by atoms with Gasteiger partial charge in [-0.3, -0.25) is 14.7 Å². The second-order valence-corrected chi connectivity index (χ2v) is 6.87. The molecule has 1 amide bonds. The molecule has 0 atom stereocenters. The third kappa shape index (κ3) is 6.86. The minimum atomic E-state index is -0.177. The van der Waals surface area contributed by atoms with Crippen LogP contribution >= 0.6 is 35.6 Å². The van der Waals surface area contributed by atoms with Crippen LogP contribution in [0, 0.1) is 0 Å². The van der Waals surface area contributed by atoms with Gasteiger partial charge in [0, 0.05) is 58.9 Å². The summed E-state index contributed by atoms with van der Waals surface area (Å²) in [5.41, 5.74) is 1.43. The Hall–Kier alpha value is -1.85. The smallest absolute Gasteiger partial charge is 0.252 e. The normalized spacial score (nSPS) is 15.0. The molecule has 0 aliphatic carbocycles. The molecule has 1 aliphatic rings. The van der Waals surface area contributed by atoms with Crippen molar-refractivity contribution in [3.8, 4) is 0 Å². The van der Waals surface area contributed by atoms with E-state index in [2.05, 4.69) is 30.6 Å². The molecule has 2 heterocycles. The van der Waals surface area contributed by atoms with Crippen LogP contribution in [0.5, 0.6) is 0 Å². The molecule has 1 saturated heterocycles. The fourth-order valence-electron chi connectivity index (χ4n) is 3.09. The zero-order chi connectivity index (χ0) is 19.8. The fraction of sp³-hybridized carbons (Fsp3) is 0.421. The number of aliphatic imine (C=N–C) groups is 1. The highest BCUT2D eigenvalue weighted by Gasteiger charge is 2.20. The van der Waals surface area contributed by atoms with E-state index >= 15 is 0 Å². The molecule has 2 N–H and O–H groups in total. The summed E-state index contributed by atoms with van der Waals surface area (Å²) in [6.45, 7) is 5.47. The summed E-state index contributed by atoms with van der Waals surface area (Å²) >= 11 is 6.05. The molecule has 10 heteroatoms. The van der Waals surface area contributed by atoms with Gasteiger partial charge in [-0.15, -0.1) is 24.0 Å². The summed E-state index contributed by atoms with van der Waals surface area (Å²) in [4.78, 5) is 21.1. The van der Waals surface area contributed by atoms with E-state index in [4.69, 9.17) is 16.1 Å². The number of piperazine rings is 1. The molecule has 3 rings (SSSR count). The van der Waals surface area contributed by atoms with Crippen molar-refractivity contribution >= 4 is 47.4 Å². The summed E-state index contributed by atoms with van der Waals surface area (Å²) in [5, 5.41) is 10.6. The topological polar surface area (TPSA) is 86.0 Å². The van der Waals surface area contributed by atoms with Crippen LogP contribution in [0.25, 0.3) is 0 Å². The van der Waals surface area contributed by atoms with Crippen molar-refractivity contribution < 1.29 is 9.32 Å². The van der Waals surface area contributed by atoms with Crippen LogP contribution in [0.15, 0.2) is 46.1 Å². The quantitative estimate of drug-likeness (QED) is 0.256. The van der Waals surface area contributed by atoms with Crippen molar-refractivity contribution in [3.63, 3.8) is 0 Å². The Kier molecular flexibility index (Phi) is 9.68. The van der Waals surface area contributed by atoms with Crippen molar-refractivity contribution in [1.29, 1.82) is 0 Å². The molecule has 2 aromatic rings. The van der Waals surface area contributed by atoms with E-state index in [0.29, 0.717) is 23.7 Å². The first-order valence-corrected chi connectivity index (χ1v) is 9.65. The summed E-state index contributed by atoms with van der Waals surface area (Å²) in [6.07, 6.45) is 1.60. The maximum absolute atomic E-state index is 12.2. The van der Waals surface area contributed by atoms with Gasteiger partial charge in [0.1, 0.15) is 6.26 Å². The molecule has 29 heavy (non-hydrogen) atoms. The van der Waals surface area contributed by atoms with Gasteiger partial charge in [-0.25, -0.2) is 0 Å². The van der Waals surface area contributed by atoms with Gasteiger partial charge in [-0.1, -0.05) is 28.9 Å². The Bertz CT molecular complexity index is 794. The molecular formula is C19H26ClIN6O2. The highest BCUT2D eigenvalue weighted by molar-refractivity contribution is 14.0. The summed E-state index contributed by atoms with van der Waals surface area (Å²) in [5.74, 6) is 0.664. The number of guanidine groups is 1. The number of aromatic nitrogens is 1. The Balaban J connectivity index is 0.00000300. The van der Waals surface area contributed by atoms with Gasteiger partial charge in [-0.05, 0) is 12.1 Å². The van der Waals surface area contributed by atoms with E-state index in [-0.39, 0.29) is 29.9 Å². The van der Waals surface area contributed by atoms with E-state index in [1.54, 1.807) is 37.6 Å². The predicted molar refractivity (Wildman–Crippen MR) is 124 cm³/mol. The third-order valence-electron chi connectivity index (χ3n) is 4.57. The Labute approximate surface area is 192 Å². The first-order chi connectivity index (χ1) is 13.7. The lowest BCUT2D eigenvalue weighted by atomic mass is 10.2. The lowest BCUT2D eigenvalue weighted by Gasteiger charge is -2.36. The van der Waals surface area contributed by atoms with Gasteiger partial charge in [0.05, 0.1) is 16.3 Å². The lowest BCUT2D eigenvalue weighted by molar-refractivity contribution is 0.0954. The molecular weight excluding hydrogens is 507 g/mol. The molecule has 0 spiro atoms. The van der Waals surface area contributed by atoms with E-state index < -0.39 is 0 Å². The summed E-state index contributed by atoms with van der Waals surface area (Å²) in [7, 11) is 1.77. The number of nitrogens with one attached hydrogen (secondary N) is 2. The number of benzene rings is 1. The van der Waals surface area contributed by atoms with Crippen LogP contribution in [-0.4, -0.2) is 73.1 Å². The van der Waals surface area contributed by atoms with Crippen LogP contribution in [-0.2, 0) is 6.54 Å². The lowest BCUT2D eigenvalue weighted by Crippen LogP contribution is -2.53. The van der Waals surface area contributed by atoms with Crippen molar-refractivity contribution in [2.75, 3.05) is 46.3 Å². The fourth-order valence-corrected chi connectivity index (χ4v) is 3.31. The molecule has 1 aromatic heterocycles. The highest BCUT2D eigenvalue weighted by atomic mass is 127. The van der Waals surface area contributed by atoms with E-state index in [9.17, 15) is 4.79 Å². The van der Waals surface area contributed by atoms with Crippen LogP contribution in [0.1, 0.15) is 16.1 Å². The molecule has 8 nitrogen and oxygen atoms in total. The maximum atomic E-state index is 12.2. The average Bonchev–Trinajstić information content (AvgIpc) is 3.22. The molecule has 158 valence electrons. The molecule has 0 unspecified atom stereocenters. The molecule has 1 aliphatic heterocycles. The van der Waals surface area contributed by atoms with Crippen molar-refractivity contribution in [2.45, 2.75) is 6.54 Å². The van der Waals surface area contributed by atoms with Crippen LogP contribution in [0.4, 0.5) is 0 Å². The summed E-state index contributed by atoms with van der Waals surface area (Å²) in [6, 6.07) is 8.91.